The largest absolute Gasteiger partial charge is 0.350 e. The number of carbonyl (C=O) groups is 1. The second-order valence-electron chi connectivity index (χ2n) is 5.93. The lowest BCUT2D eigenvalue weighted by atomic mass is 10.1. The van der Waals surface area contributed by atoms with Crippen LogP contribution in [0.1, 0.15) is 16.7 Å². The summed E-state index contributed by atoms with van der Waals surface area (Å²) in [5.41, 5.74) is 2.55. The van der Waals surface area contributed by atoms with Crippen LogP contribution in [0.2, 0.25) is 0 Å². The van der Waals surface area contributed by atoms with Gasteiger partial charge < -0.3 is 5.32 Å². The summed E-state index contributed by atoms with van der Waals surface area (Å²) in [6.45, 7) is 3.33. The van der Waals surface area contributed by atoms with Crippen molar-refractivity contribution in [3.8, 4) is 0 Å². The molecular weight excluding hydrogens is 343 g/mol. The molecule has 0 saturated heterocycles. The highest BCUT2D eigenvalue weighted by Gasteiger charge is 2.22. The number of nitrogens with zero attached hydrogens (tertiary/aromatic N) is 1. The molecule has 0 bridgehead atoms. The summed E-state index contributed by atoms with van der Waals surface area (Å²) in [6.07, 6.45) is 1.05. The Morgan fingerprint density at radius 3 is 2.44 bits per heavy atom. The predicted molar refractivity (Wildman–Crippen MR) is 96.4 cm³/mol. The second-order valence-corrected chi connectivity index (χ2v) is 7.83. The van der Waals surface area contributed by atoms with Crippen molar-refractivity contribution in [3.63, 3.8) is 0 Å². The maximum Gasteiger partial charge on any atom is 0.241 e. The van der Waals surface area contributed by atoms with Gasteiger partial charge in [0, 0.05) is 12.1 Å². The summed E-state index contributed by atoms with van der Waals surface area (Å²) >= 11 is 0. The predicted octanol–water partition coefficient (Wildman–Crippen LogP) is 2.52. The molecule has 5 nitrogen and oxygen atoms in total. The standard InChI is InChI=1S/C18H21FN2O3S/c1-13-8-9-17(14(2)10-13)21(25(3,23)24)12-18(22)20-11-15-6-4-5-7-16(15)19/h4-10H,11-12H2,1-3H3,(H,20,22). The fourth-order valence-electron chi connectivity index (χ4n) is 2.49. The molecule has 134 valence electrons. The molecule has 0 aliphatic rings. The quantitative estimate of drug-likeness (QED) is 0.857. The van der Waals surface area contributed by atoms with Crippen molar-refractivity contribution in [3.05, 3.63) is 65.0 Å². The summed E-state index contributed by atoms with van der Waals surface area (Å²) in [4.78, 5) is 12.2. The summed E-state index contributed by atoms with van der Waals surface area (Å²) in [7, 11) is -3.64. The fourth-order valence-corrected chi connectivity index (χ4v) is 3.40. The molecule has 2 aromatic rings. The molecule has 0 spiro atoms. The zero-order valence-electron chi connectivity index (χ0n) is 14.4. The average molecular weight is 364 g/mol. The van der Waals surface area contributed by atoms with E-state index in [2.05, 4.69) is 5.32 Å². The van der Waals surface area contributed by atoms with Crippen LogP contribution >= 0.6 is 0 Å². The van der Waals surface area contributed by atoms with Crippen LogP contribution in [-0.4, -0.2) is 27.1 Å². The van der Waals surface area contributed by atoms with Gasteiger partial charge in [0.1, 0.15) is 12.4 Å². The van der Waals surface area contributed by atoms with E-state index >= 15 is 0 Å². The Hall–Kier alpha value is -2.41. The van der Waals surface area contributed by atoms with E-state index in [1.54, 1.807) is 37.3 Å². The van der Waals surface area contributed by atoms with Crippen LogP contribution in [0.15, 0.2) is 42.5 Å². The van der Waals surface area contributed by atoms with Gasteiger partial charge in [0.2, 0.25) is 15.9 Å². The molecule has 7 heteroatoms. The van der Waals surface area contributed by atoms with Crippen LogP contribution in [0, 0.1) is 19.7 Å². The molecule has 0 unspecified atom stereocenters. The summed E-state index contributed by atoms with van der Waals surface area (Å²) in [6, 6.07) is 11.4. The third kappa shape index (κ3) is 5.03. The van der Waals surface area contributed by atoms with Crippen LogP contribution in [0.4, 0.5) is 10.1 Å². The molecule has 0 atom stereocenters. The van der Waals surface area contributed by atoms with E-state index < -0.39 is 21.7 Å². The maximum atomic E-state index is 13.6. The zero-order valence-corrected chi connectivity index (χ0v) is 15.2. The van der Waals surface area contributed by atoms with E-state index in [4.69, 9.17) is 0 Å². The lowest BCUT2D eigenvalue weighted by Crippen LogP contribution is -2.40. The molecule has 25 heavy (non-hydrogen) atoms. The minimum atomic E-state index is -3.64. The Labute approximate surface area is 147 Å². The lowest BCUT2D eigenvalue weighted by molar-refractivity contribution is -0.119. The Morgan fingerprint density at radius 1 is 1.16 bits per heavy atom. The van der Waals surface area contributed by atoms with Crippen molar-refractivity contribution < 1.29 is 17.6 Å². The molecule has 0 heterocycles. The number of amides is 1. The molecule has 0 aliphatic heterocycles. The minimum absolute atomic E-state index is 0.00398. The van der Waals surface area contributed by atoms with Gasteiger partial charge in [-0.15, -0.1) is 0 Å². The van der Waals surface area contributed by atoms with Gasteiger partial charge in [0.05, 0.1) is 11.9 Å². The normalized spacial score (nSPS) is 11.2. The van der Waals surface area contributed by atoms with Crippen molar-refractivity contribution in [1.29, 1.82) is 0 Å². The third-order valence-electron chi connectivity index (χ3n) is 3.74. The number of hydrogen-bond acceptors (Lipinski definition) is 3. The first kappa shape index (κ1) is 18.9. The number of rotatable bonds is 6. The number of aryl methyl sites for hydroxylation is 2. The van der Waals surface area contributed by atoms with Gasteiger partial charge in [-0.2, -0.15) is 0 Å². The highest BCUT2D eigenvalue weighted by Crippen LogP contribution is 2.23. The molecule has 0 fully saturated rings. The van der Waals surface area contributed by atoms with E-state index in [1.165, 1.54) is 6.07 Å². The molecule has 1 amide bonds. The smallest absolute Gasteiger partial charge is 0.241 e. The molecule has 0 aliphatic carbocycles. The maximum absolute atomic E-state index is 13.6. The van der Waals surface area contributed by atoms with E-state index in [0.717, 1.165) is 21.7 Å². The highest BCUT2D eigenvalue weighted by molar-refractivity contribution is 7.92. The van der Waals surface area contributed by atoms with Crippen LogP contribution in [-0.2, 0) is 21.4 Å². The van der Waals surface area contributed by atoms with Gasteiger partial charge in [-0.1, -0.05) is 35.9 Å². The fraction of sp³-hybridized carbons (Fsp3) is 0.278. The number of sulfonamides is 1. The SMILES string of the molecule is Cc1ccc(N(CC(=O)NCc2ccccc2F)S(C)(=O)=O)c(C)c1. The van der Waals surface area contributed by atoms with E-state index in [-0.39, 0.29) is 13.1 Å². The number of nitrogens with one attached hydrogen (secondary N) is 1. The molecule has 0 radical (unpaired) electrons. The number of benzene rings is 2. The Bertz CT molecular complexity index is 882. The number of halogens is 1. The lowest BCUT2D eigenvalue weighted by Gasteiger charge is -2.24. The molecule has 1 N–H and O–H groups in total. The molecular formula is C18H21FN2O3S. The number of hydrogen-bond donors (Lipinski definition) is 1. The third-order valence-corrected chi connectivity index (χ3v) is 4.87. The van der Waals surface area contributed by atoms with Crippen molar-refractivity contribution in [1.82, 2.24) is 5.32 Å². The van der Waals surface area contributed by atoms with E-state index in [9.17, 15) is 17.6 Å². The molecule has 0 aromatic heterocycles. The molecule has 2 rings (SSSR count). The number of carbonyl (C=O) groups excluding carboxylic acids is 1. The second kappa shape index (κ2) is 7.65. The minimum Gasteiger partial charge on any atom is -0.350 e. The topological polar surface area (TPSA) is 66.5 Å². The van der Waals surface area contributed by atoms with Crippen LogP contribution in [0.25, 0.3) is 0 Å². The van der Waals surface area contributed by atoms with Crippen molar-refractivity contribution >= 4 is 21.6 Å². The van der Waals surface area contributed by atoms with E-state index in [1.807, 2.05) is 13.0 Å². The van der Waals surface area contributed by atoms with E-state index in [0.29, 0.717) is 11.3 Å². The average Bonchev–Trinajstić information content (AvgIpc) is 2.51. The monoisotopic (exact) mass is 364 g/mol. The zero-order chi connectivity index (χ0) is 18.6. The Balaban J connectivity index is 2.15. The van der Waals surface area contributed by atoms with Crippen molar-refractivity contribution in [2.24, 2.45) is 0 Å². The first-order valence-corrected chi connectivity index (χ1v) is 9.58. The van der Waals surface area contributed by atoms with Gasteiger partial charge in [-0.05, 0) is 31.5 Å². The van der Waals surface area contributed by atoms with Gasteiger partial charge in [-0.25, -0.2) is 12.8 Å². The van der Waals surface area contributed by atoms with Gasteiger partial charge >= 0.3 is 0 Å². The van der Waals surface area contributed by atoms with Crippen molar-refractivity contribution in [2.45, 2.75) is 20.4 Å². The highest BCUT2D eigenvalue weighted by atomic mass is 32.2. The van der Waals surface area contributed by atoms with Crippen LogP contribution in [0.3, 0.4) is 0 Å². The van der Waals surface area contributed by atoms with Crippen molar-refractivity contribution in [2.75, 3.05) is 17.1 Å². The molecule has 2 aromatic carbocycles. The molecule has 0 saturated carbocycles. The number of anilines is 1. The van der Waals surface area contributed by atoms with Gasteiger partial charge in [0.25, 0.3) is 0 Å². The van der Waals surface area contributed by atoms with Gasteiger partial charge in [0.15, 0.2) is 0 Å². The van der Waals surface area contributed by atoms with Gasteiger partial charge in [-0.3, -0.25) is 9.10 Å². The summed E-state index contributed by atoms with van der Waals surface area (Å²) in [5, 5.41) is 2.56. The summed E-state index contributed by atoms with van der Waals surface area (Å²) < 4.78 is 38.9. The summed E-state index contributed by atoms with van der Waals surface area (Å²) in [5.74, 6) is -0.925. The van der Waals surface area contributed by atoms with Crippen LogP contribution < -0.4 is 9.62 Å². The first-order valence-electron chi connectivity index (χ1n) is 7.73. The Morgan fingerprint density at radius 2 is 1.84 bits per heavy atom. The Kier molecular flexibility index (Phi) is 5.79. The first-order chi connectivity index (χ1) is 11.7. The van der Waals surface area contributed by atoms with Crippen LogP contribution in [0.5, 0.6) is 0 Å².